The van der Waals surface area contributed by atoms with Crippen LogP contribution >= 0.6 is 0 Å². The first-order valence-corrected chi connectivity index (χ1v) is 2.57. The van der Waals surface area contributed by atoms with E-state index < -0.39 is 11.7 Å². The molecule has 1 N–H and O–H groups in total. The van der Waals surface area contributed by atoms with Gasteiger partial charge >= 0.3 is 29.6 Å². The summed E-state index contributed by atoms with van der Waals surface area (Å²) in [6, 6.07) is 2.67. The zero-order valence-electron chi connectivity index (χ0n) is 5.94. The van der Waals surface area contributed by atoms with E-state index in [0.29, 0.717) is 0 Å². The number of aromatic hydroxyl groups is 1. The Bertz CT molecular complexity index is 264. The fourth-order valence-electron chi connectivity index (χ4n) is 0.554. The number of carbonyl (C=O) groups excluding carboxylic acids is 1. The van der Waals surface area contributed by atoms with Crippen molar-refractivity contribution < 1.29 is 44.6 Å². The number of pyridine rings is 1. The molecule has 0 saturated heterocycles. The van der Waals surface area contributed by atoms with E-state index in [-0.39, 0.29) is 35.3 Å². The predicted octanol–water partition coefficient (Wildman–Crippen LogP) is -3.85. The minimum atomic E-state index is -1.47. The second-order valence-corrected chi connectivity index (χ2v) is 1.66. The Kier molecular flexibility index (Phi) is 4.10. The number of hydrogen-bond donors (Lipinski definition) is 1. The molecule has 0 radical (unpaired) electrons. The van der Waals surface area contributed by atoms with Gasteiger partial charge in [-0.3, -0.25) is 4.98 Å². The summed E-state index contributed by atoms with van der Waals surface area (Å²) in [6.45, 7) is 0. The van der Waals surface area contributed by atoms with Crippen LogP contribution in [-0.2, 0) is 0 Å². The molecule has 0 bridgehead atoms. The molecular weight excluding hydrogens is 157 g/mol. The third-order valence-corrected chi connectivity index (χ3v) is 0.980. The Morgan fingerprint density at radius 1 is 1.64 bits per heavy atom. The van der Waals surface area contributed by atoms with E-state index in [1.165, 1.54) is 18.3 Å². The first-order chi connectivity index (χ1) is 4.72. The molecule has 0 aliphatic rings. The number of carbonyl (C=O) groups is 1. The van der Waals surface area contributed by atoms with Gasteiger partial charge in [0.05, 0.1) is 5.97 Å². The summed E-state index contributed by atoms with van der Waals surface area (Å²) in [5, 5.41) is 18.9. The molecule has 0 spiro atoms. The Labute approximate surface area is 85.2 Å². The van der Waals surface area contributed by atoms with Crippen molar-refractivity contribution in [2.45, 2.75) is 0 Å². The van der Waals surface area contributed by atoms with Crippen LogP contribution in [0.1, 0.15) is 10.5 Å². The molecule has 1 heterocycles. The van der Waals surface area contributed by atoms with Crippen molar-refractivity contribution in [3.8, 4) is 5.75 Å². The monoisotopic (exact) mass is 161 g/mol. The normalized spacial score (nSPS) is 8.36. The van der Waals surface area contributed by atoms with Gasteiger partial charge in [-0.1, -0.05) is 0 Å². The molecule has 11 heavy (non-hydrogen) atoms. The summed E-state index contributed by atoms with van der Waals surface area (Å²) in [5.41, 5.74) is -0.428. The van der Waals surface area contributed by atoms with E-state index in [2.05, 4.69) is 4.98 Å². The van der Waals surface area contributed by atoms with Crippen molar-refractivity contribution in [2.75, 3.05) is 0 Å². The van der Waals surface area contributed by atoms with E-state index in [1.807, 2.05) is 0 Å². The molecule has 0 saturated carbocycles. The van der Waals surface area contributed by atoms with Crippen LogP contribution in [0, 0.1) is 0 Å². The predicted molar refractivity (Wildman–Crippen MR) is 30.2 cm³/mol. The maximum Gasteiger partial charge on any atom is 1.00 e. The summed E-state index contributed by atoms with van der Waals surface area (Å²) in [7, 11) is 0. The summed E-state index contributed by atoms with van der Waals surface area (Å²) < 4.78 is 0. The second kappa shape index (κ2) is 4.33. The van der Waals surface area contributed by atoms with Gasteiger partial charge < -0.3 is 15.0 Å². The average molecular weight is 161 g/mol. The van der Waals surface area contributed by atoms with Gasteiger partial charge in [0.25, 0.3) is 0 Å². The molecule has 1 rings (SSSR count). The van der Waals surface area contributed by atoms with Crippen LogP contribution in [0.5, 0.6) is 5.75 Å². The fraction of sp³-hybridized carbons (Fsp3) is 0. The number of nitrogens with zero attached hydrogens (tertiary/aromatic N) is 1. The van der Waals surface area contributed by atoms with Gasteiger partial charge in [0.1, 0.15) is 11.4 Å². The zero-order valence-corrected chi connectivity index (χ0v) is 7.94. The van der Waals surface area contributed by atoms with Crippen molar-refractivity contribution in [1.29, 1.82) is 0 Å². The van der Waals surface area contributed by atoms with Crippen molar-refractivity contribution in [1.82, 2.24) is 4.98 Å². The molecule has 4 nitrogen and oxygen atoms in total. The van der Waals surface area contributed by atoms with Gasteiger partial charge in [0.2, 0.25) is 0 Å². The van der Waals surface area contributed by atoms with Crippen molar-refractivity contribution in [2.24, 2.45) is 0 Å². The smallest absolute Gasteiger partial charge is 0.543 e. The maximum absolute atomic E-state index is 10.1. The van der Waals surface area contributed by atoms with Gasteiger partial charge in [-0.2, -0.15) is 0 Å². The molecular formula is C6H4NNaO3. The second-order valence-electron chi connectivity index (χ2n) is 1.66. The van der Waals surface area contributed by atoms with Gasteiger partial charge in [0.15, 0.2) is 0 Å². The van der Waals surface area contributed by atoms with Crippen LogP contribution in [-0.4, -0.2) is 16.1 Å². The van der Waals surface area contributed by atoms with Gasteiger partial charge in [-0.15, -0.1) is 0 Å². The summed E-state index contributed by atoms with van der Waals surface area (Å²) in [5.74, 6) is -1.85. The molecule has 0 aliphatic carbocycles. The standard InChI is InChI=1S/C6H5NO3.Na/c8-4-2-1-3-7-5(4)6(9)10;/h1-3,8H,(H,9,10);/q;+1/p-1. The van der Waals surface area contributed by atoms with Crippen molar-refractivity contribution in [3.63, 3.8) is 0 Å². The number of aromatic nitrogens is 1. The quantitative estimate of drug-likeness (QED) is 0.428. The molecule has 0 aromatic carbocycles. The van der Waals surface area contributed by atoms with Crippen LogP contribution in [0.3, 0.4) is 0 Å². The van der Waals surface area contributed by atoms with Gasteiger partial charge in [-0.25, -0.2) is 0 Å². The molecule has 1 aromatic rings. The number of hydrogen-bond acceptors (Lipinski definition) is 4. The number of carboxylic acids is 1. The van der Waals surface area contributed by atoms with Crippen molar-refractivity contribution >= 4 is 5.97 Å². The van der Waals surface area contributed by atoms with Crippen LogP contribution in [0.2, 0.25) is 0 Å². The zero-order chi connectivity index (χ0) is 7.56. The SMILES string of the molecule is O=C([O-])c1ncccc1O.[Na+]. The van der Waals surface area contributed by atoms with E-state index in [1.54, 1.807) is 0 Å². The molecule has 0 fully saturated rings. The first-order valence-electron chi connectivity index (χ1n) is 2.57. The number of aromatic carboxylic acids is 1. The van der Waals surface area contributed by atoms with Gasteiger partial charge in [0, 0.05) is 6.20 Å². The Morgan fingerprint density at radius 2 is 2.27 bits per heavy atom. The number of rotatable bonds is 1. The Hall–Kier alpha value is -0.580. The average Bonchev–Trinajstić information content (AvgIpc) is 1.88. The summed E-state index contributed by atoms with van der Waals surface area (Å²) in [4.78, 5) is 13.5. The topological polar surface area (TPSA) is 73.2 Å². The van der Waals surface area contributed by atoms with Crippen molar-refractivity contribution in [3.05, 3.63) is 24.0 Å². The Balaban J connectivity index is 0.000001000. The van der Waals surface area contributed by atoms with Crippen LogP contribution in [0.15, 0.2) is 18.3 Å². The molecule has 0 amide bonds. The van der Waals surface area contributed by atoms with E-state index in [0.717, 1.165) is 0 Å². The minimum Gasteiger partial charge on any atom is -0.543 e. The molecule has 0 unspecified atom stereocenters. The van der Waals surface area contributed by atoms with Crippen LogP contribution in [0.4, 0.5) is 0 Å². The van der Waals surface area contributed by atoms with E-state index >= 15 is 0 Å². The van der Waals surface area contributed by atoms with Crippen LogP contribution < -0.4 is 34.7 Å². The fourth-order valence-corrected chi connectivity index (χ4v) is 0.554. The van der Waals surface area contributed by atoms with Gasteiger partial charge in [-0.05, 0) is 12.1 Å². The largest absolute Gasteiger partial charge is 1.00 e. The number of carboxylic acid groups (broad SMARTS) is 1. The summed E-state index contributed by atoms with van der Waals surface area (Å²) >= 11 is 0. The minimum absolute atomic E-state index is 0. The Morgan fingerprint density at radius 3 is 2.64 bits per heavy atom. The third kappa shape index (κ3) is 2.49. The molecule has 52 valence electrons. The summed E-state index contributed by atoms with van der Waals surface area (Å²) in [6.07, 6.45) is 1.27. The van der Waals surface area contributed by atoms with Crippen LogP contribution in [0.25, 0.3) is 0 Å². The molecule has 0 atom stereocenters. The first kappa shape index (κ1) is 10.4. The van der Waals surface area contributed by atoms with E-state index in [9.17, 15) is 9.90 Å². The van der Waals surface area contributed by atoms with E-state index in [4.69, 9.17) is 5.11 Å². The molecule has 5 heteroatoms. The third-order valence-electron chi connectivity index (χ3n) is 0.980. The maximum atomic E-state index is 10.1. The molecule has 1 aromatic heterocycles. The molecule has 0 aliphatic heterocycles.